The zero-order valence-electron chi connectivity index (χ0n) is 11.2. The second kappa shape index (κ2) is 5.61. The van der Waals surface area contributed by atoms with E-state index < -0.39 is 0 Å². The Bertz CT molecular complexity index is 365. The zero-order valence-corrected chi connectivity index (χ0v) is 11.2. The van der Waals surface area contributed by atoms with Crippen molar-refractivity contribution in [3.05, 3.63) is 35.6 Å². The third-order valence-electron chi connectivity index (χ3n) is 3.59. The van der Waals surface area contributed by atoms with Crippen LogP contribution in [-0.2, 0) is 6.42 Å². The Hall–Kier alpha value is -0.930. The molecule has 3 heteroatoms. The fraction of sp³-hybridized carbons (Fsp3) is 0.571. The molecule has 1 unspecified atom stereocenters. The van der Waals surface area contributed by atoms with E-state index in [0.717, 1.165) is 5.56 Å². The molecule has 2 N–H and O–H groups in total. The van der Waals surface area contributed by atoms with Crippen LogP contribution in [0.15, 0.2) is 24.3 Å². The number of rotatable bonds is 5. The Morgan fingerprint density at radius 1 is 1.35 bits per heavy atom. The van der Waals surface area contributed by atoms with E-state index in [4.69, 9.17) is 5.73 Å². The van der Waals surface area contributed by atoms with Crippen molar-refractivity contribution in [2.45, 2.75) is 38.8 Å². The molecule has 0 radical (unpaired) electrons. The van der Waals surface area contributed by atoms with Crippen molar-refractivity contribution in [3.8, 4) is 0 Å². The van der Waals surface area contributed by atoms with Gasteiger partial charge in [0.2, 0.25) is 0 Å². The van der Waals surface area contributed by atoms with Crippen molar-refractivity contribution in [1.82, 2.24) is 4.90 Å². The minimum absolute atomic E-state index is 0.149. The van der Waals surface area contributed by atoms with E-state index in [-0.39, 0.29) is 11.4 Å². The normalized spacial score (nSPS) is 15.3. The Labute approximate surface area is 104 Å². The monoisotopic (exact) mass is 238 g/mol. The van der Waals surface area contributed by atoms with Crippen LogP contribution in [0.3, 0.4) is 0 Å². The second-order valence-corrected chi connectivity index (χ2v) is 5.17. The number of likely N-dealkylation sites (N-methyl/N-ethyl adjacent to an activating group) is 1. The molecule has 0 aliphatic carbocycles. The largest absolute Gasteiger partial charge is 0.329 e. The molecular formula is C14H23FN2. The summed E-state index contributed by atoms with van der Waals surface area (Å²) in [6.45, 7) is 6.83. The van der Waals surface area contributed by atoms with Crippen LogP contribution in [0, 0.1) is 5.82 Å². The van der Waals surface area contributed by atoms with Crippen molar-refractivity contribution in [2.75, 3.05) is 13.6 Å². The predicted molar refractivity (Wildman–Crippen MR) is 70.5 cm³/mol. The lowest BCUT2D eigenvalue weighted by atomic mass is 9.90. The molecule has 0 bridgehead atoms. The topological polar surface area (TPSA) is 29.3 Å². The molecule has 1 rings (SSSR count). The van der Waals surface area contributed by atoms with Crippen LogP contribution in [0.1, 0.15) is 26.3 Å². The van der Waals surface area contributed by atoms with Crippen LogP contribution < -0.4 is 5.73 Å². The average Bonchev–Trinajstić information content (AvgIpc) is 2.31. The van der Waals surface area contributed by atoms with E-state index in [2.05, 4.69) is 25.7 Å². The summed E-state index contributed by atoms with van der Waals surface area (Å²) in [4.78, 5) is 2.21. The minimum Gasteiger partial charge on any atom is -0.329 e. The first-order valence-electron chi connectivity index (χ1n) is 6.07. The number of hydrogen-bond acceptors (Lipinski definition) is 2. The summed E-state index contributed by atoms with van der Waals surface area (Å²) in [7, 11) is 2.04. The van der Waals surface area contributed by atoms with Gasteiger partial charge in [-0.15, -0.1) is 0 Å². The number of hydrogen-bond donors (Lipinski definition) is 1. The van der Waals surface area contributed by atoms with Gasteiger partial charge in [0, 0.05) is 18.1 Å². The first-order valence-corrected chi connectivity index (χ1v) is 6.07. The highest BCUT2D eigenvalue weighted by atomic mass is 19.1. The predicted octanol–water partition coefficient (Wildman–Crippen LogP) is 2.43. The van der Waals surface area contributed by atoms with Gasteiger partial charge in [0.1, 0.15) is 5.82 Å². The van der Waals surface area contributed by atoms with E-state index in [1.165, 1.54) is 6.07 Å². The summed E-state index contributed by atoms with van der Waals surface area (Å²) in [6, 6.07) is 7.30. The molecule has 0 aliphatic heterocycles. The van der Waals surface area contributed by atoms with Crippen LogP contribution in [0.4, 0.5) is 4.39 Å². The summed E-state index contributed by atoms with van der Waals surface area (Å²) >= 11 is 0. The minimum atomic E-state index is -0.212. The Morgan fingerprint density at radius 3 is 2.41 bits per heavy atom. The van der Waals surface area contributed by atoms with Crippen molar-refractivity contribution < 1.29 is 4.39 Å². The van der Waals surface area contributed by atoms with Crippen molar-refractivity contribution >= 4 is 0 Å². The zero-order chi connectivity index (χ0) is 13.1. The molecule has 0 amide bonds. The van der Waals surface area contributed by atoms with E-state index in [9.17, 15) is 4.39 Å². The fourth-order valence-corrected chi connectivity index (χ4v) is 2.02. The number of nitrogens with zero attached hydrogens (tertiary/aromatic N) is 1. The van der Waals surface area contributed by atoms with E-state index in [1.807, 2.05) is 19.2 Å². The molecule has 96 valence electrons. The van der Waals surface area contributed by atoms with E-state index in [0.29, 0.717) is 19.0 Å². The van der Waals surface area contributed by atoms with Gasteiger partial charge in [-0.1, -0.05) is 18.2 Å². The SMILES string of the molecule is CC(C)N(C)C(C)(CN)Cc1ccccc1F. The summed E-state index contributed by atoms with van der Waals surface area (Å²) in [6.07, 6.45) is 0.630. The molecule has 2 nitrogen and oxygen atoms in total. The molecular weight excluding hydrogens is 215 g/mol. The Balaban J connectivity index is 2.93. The first kappa shape index (κ1) is 14.1. The van der Waals surface area contributed by atoms with Gasteiger partial charge in [-0.05, 0) is 45.9 Å². The summed E-state index contributed by atoms with van der Waals surface area (Å²) in [5.41, 5.74) is 6.40. The molecule has 1 atom stereocenters. The molecule has 0 fully saturated rings. The van der Waals surface area contributed by atoms with Crippen LogP contribution in [0.5, 0.6) is 0 Å². The average molecular weight is 238 g/mol. The lowest BCUT2D eigenvalue weighted by molar-refractivity contribution is 0.108. The number of nitrogens with two attached hydrogens (primary N) is 1. The molecule has 1 aromatic rings. The van der Waals surface area contributed by atoms with Crippen molar-refractivity contribution in [3.63, 3.8) is 0 Å². The Kier molecular flexibility index (Phi) is 4.66. The second-order valence-electron chi connectivity index (χ2n) is 5.17. The highest BCUT2D eigenvalue weighted by Gasteiger charge is 2.30. The van der Waals surface area contributed by atoms with Gasteiger partial charge in [0.05, 0.1) is 0 Å². The quantitative estimate of drug-likeness (QED) is 0.853. The highest BCUT2D eigenvalue weighted by Crippen LogP contribution is 2.22. The van der Waals surface area contributed by atoms with Gasteiger partial charge in [0.25, 0.3) is 0 Å². The molecule has 0 spiro atoms. The van der Waals surface area contributed by atoms with Gasteiger partial charge in [0.15, 0.2) is 0 Å². The van der Waals surface area contributed by atoms with Crippen LogP contribution in [-0.4, -0.2) is 30.1 Å². The van der Waals surface area contributed by atoms with Gasteiger partial charge in [-0.25, -0.2) is 4.39 Å². The summed E-state index contributed by atoms with van der Waals surface area (Å²) in [5.74, 6) is -0.149. The van der Waals surface area contributed by atoms with Crippen LogP contribution in [0.2, 0.25) is 0 Å². The molecule has 0 saturated heterocycles. The Morgan fingerprint density at radius 2 is 1.94 bits per heavy atom. The smallest absolute Gasteiger partial charge is 0.126 e. The molecule has 0 aromatic heterocycles. The van der Waals surface area contributed by atoms with Gasteiger partial charge in [-0.3, -0.25) is 4.90 Å². The molecule has 17 heavy (non-hydrogen) atoms. The maximum absolute atomic E-state index is 13.7. The lowest BCUT2D eigenvalue weighted by Gasteiger charge is -2.41. The van der Waals surface area contributed by atoms with Gasteiger partial charge < -0.3 is 5.73 Å². The van der Waals surface area contributed by atoms with Gasteiger partial charge in [-0.2, -0.15) is 0 Å². The summed E-state index contributed by atoms with van der Waals surface area (Å²) in [5, 5.41) is 0. The fourth-order valence-electron chi connectivity index (χ4n) is 2.02. The lowest BCUT2D eigenvalue weighted by Crippen LogP contribution is -2.54. The number of halogens is 1. The molecule has 0 saturated carbocycles. The first-order chi connectivity index (χ1) is 7.90. The standard InChI is InChI=1S/C14H23FN2/c1-11(2)17(4)14(3,10-16)9-12-7-5-6-8-13(12)15/h5-8,11H,9-10,16H2,1-4H3. The van der Waals surface area contributed by atoms with Crippen molar-refractivity contribution in [2.24, 2.45) is 5.73 Å². The third kappa shape index (κ3) is 3.27. The molecule has 0 heterocycles. The molecule has 0 aliphatic rings. The summed E-state index contributed by atoms with van der Waals surface area (Å²) < 4.78 is 13.7. The maximum Gasteiger partial charge on any atom is 0.126 e. The van der Waals surface area contributed by atoms with E-state index >= 15 is 0 Å². The highest BCUT2D eigenvalue weighted by molar-refractivity contribution is 5.20. The van der Waals surface area contributed by atoms with Crippen molar-refractivity contribution in [1.29, 1.82) is 0 Å². The molecule has 1 aromatic carbocycles. The van der Waals surface area contributed by atoms with E-state index in [1.54, 1.807) is 6.07 Å². The van der Waals surface area contributed by atoms with Crippen LogP contribution in [0.25, 0.3) is 0 Å². The number of benzene rings is 1. The van der Waals surface area contributed by atoms with Gasteiger partial charge >= 0.3 is 0 Å². The maximum atomic E-state index is 13.7. The van der Waals surface area contributed by atoms with Crippen LogP contribution >= 0.6 is 0 Å². The third-order valence-corrected chi connectivity index (χ3v) is 3.59.